The number of nitrogens with one attached hydrogen (secondary N) is 1. The van der Waals surface area contributed by atoms with Crippen molar-refractivity contribution in [3.63, 3.8) is 0 Å². The van der Waals surface area contributed by atoms with Crippen molar-refractivity contribution in [2.24, 2.45) is 0 Å². The highest BCUT2D eigenvalue weighted by atomic mass is 15.3. The first-order valence-electron chi connectivity index (χ1n) is 6.91. The Hall–Kier alpha value is -1.68. The van der Waals surface area contributed by atoms with E-state index in [2.05, 4.69) is 52.1 Å². The smallest absolute Gasteiger partial charge is 0.164 e. The number of nitrogens with zero attached hydrogens (tertiary/aromatic N) is 3. The van der Waals surface area contributed by atoms with Crippen LogP contribution in [0.15, 0.2) is 18.2 Å². The molecule has 2 aromatic rings. The molecule has 1 aliphatic heterocycles. The molecule has 1 aromatic heterocycles. The van der Waals surface area contributed by atoms with Gasteiger partial charge >= 0.3 is 0 Å². The fourth-order valence-electron chi connectivity index (χ4n) is 2.80. The van der Waals surface area contributed by atoms with Crippen molar-refractivity contribution in [2.75, 3.05) is 6.54 Å². The van der Waals surface area contributed by atoms with Crippen LogP contribution in [0.2, 0.25) is 0 Å². The van der Waals surface area contributed by atoms with Crippen molar-refractivity contribution in [1.29, 1.82) is 0 Å². The van der Waals surface area contributed by atoms with E-state index in [9.17, 15) is 0 Å². The van der Waals surface area contributed by atoms with Crippen molar-refractivity contribution in [2.45, 2.75) is 39.8 Å². The van der Waals surface area contributed by atoms with Gasteiger partial charge in [-0.25, -0.2) is 0 Å². The van der Waals surface area contributed by atoms with E-state index < -0.39 is 0 Å². The number of fused-ring (bicyclic) bond motifs is 1. The highest BCUT2D eigenvalue weighted by Crippen LogP contribution is 2.25. The van der Waals surface area contributed by atoms with Crippen molar-refractivity contribution in [3.05, 3.63) is 35.2 Å². The average molecular weight is 256 g/mol. The van der Waals surface area contributed by atoms with Gasteiger partial charge in [0.05, 0.1) is 0 Å². The molecule has 1 aromatic carbocycles. The Bertz CT molecular complexity index is 598. The second-order valence-electron chi connectivity index (χ2n) is 5.44. The van der Waals surface area contributed by atoms with Crippen LogP contribution in [-0.4, -0.2) is 21.3 Å². The van der Waals surface area contributed by atoms with E-state index in [1.54, 1.807) is 0 Å². The lowest BCUT2D eigenvalue weighted by molar-refractivity contribution is 0.587. The monoisotopic (exact) mass is 256 g/mol. The minimum atomic E-state index is 0.374. The lowest BCUT2D eigenvalue weighted by Gasteiger charge is -2.18. The summed E-state index contributed by atoms with van der Waals surface area (Å²) >= 11 is 0. The highest BCUT2D eigenvalue weighted by molar-refractivity contribution is 5.58. The fourth-order valence-corrected chi connectivity index (χ4v) is 2.80. The third-order valence-electron chi connectivity index (χ3n) is 3.73. The Morgan fingerprint density at radius 3 is 2.84 bits per heavy atom. The molecule has 0 bridgehead atoms. The molecule has 1 N–H and O–H groups in total. The van der Waals surface area contributed by atoms with Gasteiger partial charge in [0, 0.05) is 18.2 Å². The standard InChI is InChI=1S/C15H20N4/c1-10(2)19-11(3)17-18-15(19)13-5-4-12-6-7-16-9-14(12)8-13/h4-5,8,10,16H,6-7,9H2,1-3H3. The molecule has 4 heteroatoms. The maximum absolute atomic E-state index is 4.35. The number of hydrogen-bond donors (Lipinski definition) is 1. The van der Waals surface area contributed by atoms with Gasteiger partial charge in [0.15, 0.2) is 5.82 Å². The summed E-state index contributed by atoms with van der Waals surface area (Å²) in [6, 6.07) is 7.04. The van der Waals surface area contributed by atoms with Gasteiger partial charge in [-0.2, -0.15) is 0 Å². The maximum atomic E-state index is 4.35. The summed E-state index contributed by atoms with van der Waals surface area (Å²) in [6.45, 7) is 8.38. The van der Waals surface area contributed by atoms with Crippen LogP contribution in [0.3, 0.4) is 0 Å². The molecule has 100 valence electrons. The number of aromatic nitrogens is 3. The molecule has 2 heterocycles. The third-order valence-corrected chi connectivity index (χ3v) is 3.73. The Morgan fingerprint density at radius 2 is 2.05 bits per heavy atom. The van der Waals surface area contributed by atoms with Crippen molar-refractivity contribution >= 4 is 0 Å². The first kappa shape index (κ1) is 12.4. The molecular formula is C15H20N4. The van der Waals surface area contributed by atoms with Crippen LogP contribution < -0.4 is 5.32 Å². The van der Waals surface area contributed by atoms with E-state index >= 15 is 0 Å². The Kier molecular flexibility index (Phi) is 3.11. The normalized spacial score (nSPS) is 14.7. The molecule has 0 radical (unpaired) electrons. The predicted octanol–water partition coefficient (Wildman–Crippen LogP) is 2.48. The maximum Gasteiger partial charge on any atom is 0.164 e. The van der Waals surface area contributed by atoms with Crippen LogP contribution >= 0.6 is 0 Å². The minimum absolute atomic E-state index is 0.374. The van der Waals surface area contributed by atoms with E-state index in [0.717, 1.165) is 36.7 Å². The molecule has 1 aliphatic rings. The van der Waals surface area contributed by atoms with Gasteiger partial charge in [-0.05, 0) is 50.9 Å². The van der Waals surface area contributed by atoms with E-state index in [1.807, 2.05) is 6.92 Å². The molecule has 0 spiro atoms. The lowest BCUT2D eigenvalue weighted by atomic mass is 9.98. The van der Waals surface area contributed by atoms with E-state index in [0.29, 0.717) is 6.04 Å². The highest BCUT2D eigenvalue weighted by Gasteiger charge is 2.16. The zero-order chi connectivity index (χ0) is 13.4. The van der Waals surface area contributed by atoms with Gasteiger partial charge in [-0.1, -0.05) is 12.1 Å². The van der Waals surface area contributed by atoms with Gasteiger partial charge in [0.25, 0.3) is 0 Å². The second-order valence-corrected chi connectivity index (χ2v) is 5.44. The number of hydrogen-bond acceptors (Lipinski definition) is 3. The molecule has 0 unspecified atom stereocenters. The Balaban J connectivity index is 2.07. The van der Waals surface area contributed by atoms with Gasteiger partial charge in [0.1, 0.15) is 5.82 Å². The summed E-state index contributed by atoms with van der Waals surface area (Å²) in [6.07, 6.45) is 1.12. The Labute approximate surface area is 113 Å². The zero-order valence-electron chi connectivity index (χ0n) is 11.8. The average Bonchev–Trinajstić information content (AvgIpc) is 2.80. The zero-order valence-corrected chi connectivity index (χ0v) is 11.8. The van der Waals surface area contributed by atoms with E-state index in [-0.39, 0.29) is 0 Å². The first-order valence-corrected chi connectivity index (χ1v) is 6.91. The summed E-state index contributed by atoms with van der Waals surface area (Å²) in [7, 11) is 0. The number of benzene rings is 1. The summed E-state index contributed by atoms with van der Waals surface area (Å²) in [5.74, 6) is 1.95. The molecule has 3 rings (SSSR count). The Morgan fingerprint density at radius 1 is 1.21 bits per heavy atom. The molecule has 0 amide bonds. The predicted molar refractivity (Wildman–Crippen MR) is 76.0 cm³/mol. The van der Waals surface area contributed by atoms with Gasteiger partial charge in [0.2, 0.25) is 0 Å². The number of aryl methyl sites for hydroxylation is 1. The first-order chi connectivity index (χ1) is 9.16. The molecule has 0 fully saturated rings. The van der Waals surface area contributed by atoms with Crippen molar-refractivity contribution in [1.82, 2.24) is 20.1 Å². The third kappa shape index (κ3) is 2.16. The SMILES string of the molecule is Cc1nnc(-c2ccc3c(c2)CNCC3)n1C(C)C. The molecule has 0 saturated carbocycles. The summed E-state index contributed by atoms with van der Waals surface area (Å²) < 4.78 is 2.19. The van der Waals surface area contributed by atoms with Crippen LogP contribution in [0, 0.1) is 6.92 Å². The van der Waals surface area contributed by atoms with E-state index in [4.69, 9.17) is 0 Å². The molecule has 4 nitrogen and oxygen atoms in total. The minimum Gasteiger partial charge on any atom is -0.312 e. The summed E-state index contributed by atoms with van der Waals surface area (Å²) in [4.78, 5) is 0. The van der Waals surface area contributed by atoms with Gasteiger partial charge in [-0.15, -0.1) is 10.2 Å². The van der Waals surface area contributed by atoms with Gasteiger partial charge in [-0.3, -0.25) is 0 Å². The van der Waals surface area contributed by atoms with Crippen molar-refractivity contribution < 1.29 is 0 Å². The van der Waals surface area contributed by atoms with E-state index in [1.165, 1.54) is 11.1 Å². The van der Waals surface area contributed by atoms with Crippen molar-refractivity contribution in [3.8, 4) is 11.4 Å². The van der Waals surface area contributed by atoms with Gasteiger partial charge < -0.3 is 9.88 Å². The molecule has 0 atom stereocenters. The van der Waals surface area contributed by atoms with Crippen LogP contribution in [0.4, 0.5) is 0 Å². The summed E-state index contributed by atoms with van der Waals surface area (Å²) in [5.41, 5.74) is 4.01. The molecule has 0 aliphatic carbocycles. The lowest BCUT2D eigenvalue weighted by Crippen LogP contribution is -2.23. The molecular weight excluding hydrogens is 236 g/mol. The fraction of sp³-hybridized carbons (Fsp3) is 0.467. The van der Waals surface area contributed by atoms with Crippen LogP contribution in [0.5, 0.6) is 0 Å². The quantitative estimate of drug-likeness (QED) is 0.897. The topological polar surface area (TPSA) is 42.7 Å². The second kappa shape index (κ2) is 4.78. The van der Waals surface area contributed by atoms with Crippen LogP contribution in [0.25, 0.3) is 11.4 Å². The van der Waals surface area contributed by atoms with Crippen LogP contribution in [-0.2, 0) is 13.0 Å². The molecule has 0 saturated heterocycles. The van der Waals surface area contributed by atoms with Crippen LogP contribution in [0.1, 0.15) is 36.8 Å². The number of rotatable bonds is 2. The largest absolute Gasteiger partial charge is 0.312 e. The summed E-state index contributed by atoms with van der Waals surface area (Å²) in [5, 5.41) is 12.0. The molecule has 19 heavy (non-hydrogen) atoms.